The zero-order chi connectivity index (χ0) is 14.7. The third kappa shape index (κ3) is 3.51. The number of aliphatic hydroxyl groups is 1. The van der Waals surface area contributed by atoms with Crippen molar-refractivity contribution in [3.8, 4) is 5.75 Å². The minimum absolute atomic E-state index is 0.156. The highest BCUT2D eigenvalue weighted by Gasteiger charge is 2.16. The van der Waals surface area contributed by atoms with Crippen molar-refractivity contribution in [2.75, 3.05) is 7.11 Å². The van der Waals surface area contributed by atoms with Crippen LogP contribution in [-0.4, -0.2) is 12.2 Å². The van der Waals surface area contributed by atoms with Gasteiger partial charge in [0.15, 0.2) is 0 Å². The fraction of sp³-hybridized carbons (Fsp3) is 0.200. The van der Waals surface area contributed by atoms with E-state index in [4.69, 9.17) is 16.3 Å². The maximum atomic E-state index is 13.7. The van der Waals surface area contributed by atoms with Crippen molar-refractivity contribution in [2.24, 2.45) is 0 Å². The Labute approximate surface area is 130 Å². The monoisotopic (exact) mass is 358 g/mol. The molecule has 0 aliphatic carbocycles. The summed E-state index contributed by atoms with van der Waals surface area (Å²) in [6, 6.07) is 9.61. The molecule has 2 aromatic carbocycles. The van der Waals surface area contributed by atoms with Gasteiger partial charge in [-0.2, -0.15) is 0 Å². The second-order valence-electron chi connectivity index (χ2n) is 4.34. The van der Waals surface area contributed by atoms with Crippen molar-refractivity contribution in [3.05, 3.63) is 62.8 Å². The minimum Gasteiger partial charge on any atom is -0.496 e. The largest absolute Gasteiger partial charge is 0.496 e. The third-order valence-corrected chi connectivity index (χ3v) is 3.70. The summed E-state index contributed by atoms with van der Waals surface area (Å²) in [5.74, 6) is 0.139. The minimum atomic E-state index is -0.869. The van der Waals surface area contributed by atoms with E-state index >= 15 is 0 Å². The van der Waals surface area contributed by atoms with Crippen LogP contribution in [-0.2, 0) is 6.42 Å². The van der Waals surface area contributed by atoms with Gasteiger partial charge in [-0.3, -0.25) is 0 Å². The Kier molecular flexibility index (Phi) is 5.02. The van der Waals surface area contributed by atoms with Gasteiger partial charge in [0.05, 0.1) is 13.2 Å². The van der Waals surface area contributed by atoms with Gasteiger partial charge in [0.25, 0.3) is 0 Å². The maximum absolute atomic E-state index is 13.7. The average molecular weight is 360 g/mol. The highest BCUT2D eigenvalue weighted by molar-refractivity contribution is 9.10. The van der Waals surface area contributed by atoms with E-state index in [0.29, 0.717) is 21.9 Å². The lowest BCUT2D eigenvalue weighted by Gasteiger charge is -2.15. The van der Waals surface area contributed by atoms with Gasteiger partial charge in [-0.15, -0.1) is 0 Å². The van der Waals surface area contributed by atoms with Crippen molar-refractivity contribution in [3.63, 3.8) is 0 Å². The molecule has 0 fully saturated rings. The summed E-state index contributed by atoms with van der Waals surface area (Å²) in [6.45, 7) is 0. The van der Waals surface area contributed by atoms with Crippen molar-refractivity contribution >= 4 is 27.5 Å². The zero-order valence-corrected chi connectivity index (χ0v) is 13.1. The van der Waals surface area contributed by atoms with Gasteiger partial charge in [-0.05, 0) is 35.9 Å². The van der Waals surface area contributed by atoms with E-state index in [-0.39, 0.29) is 12.2 Å². The molecule has 20 heavy (non-hydrogen) atoms. The van der Waals surface area contributed by atoms with Crippen LogP contribution < -0.4 is 4.74 Å². The highest BCUT2D eigenvalue weighted by Crippen LogP contribution is 2.31. The van der Waals surface area contributed by atoms with Gasteiger partial charge < -0.3 is 9.84 Å². The third-order valence-electron chi connectivity index (χ3n) is 2.98. The smallest absolute Gasteiger partial charge is 0.126 e. The molecule has 1 N–H and O–H groups in total. The van der Waals surface area contributed by atoms with Crippen molar-refractivity contribution in [1.29, 1.82) is 0 Å². The zero-order valence-electron chi connectivity index (χ0n) is 10.7. The fourth-order valence-corrected chi connectivity index (χ4v) is 2.55. The Morgan fingerprint density at radius 3 is 2.75 bits per heavy atom. The molecule has 0 radical (unpaired) electrons. The summed E-state index contributed by atoms with van der Waals surface area (Å²) in [6.07, 6.45) is -0.713. The fourth-order valence-electron chi connectivity index (χ4n) is 1.98. The van der Waals surface area contributed by atoms with Crippen molar-refractivity contribution < 1.29 is 14.2 Å². The predicted octanol–water partition coefficient (Wildman–Crippen LogP) is 4.53. The predicted molar refractivity (Wildman–Crippen MR) is 80.8 cm³/mol. The van der Waals surface area contributed by atoms with Crippen LogP contribution in [0.4, 0.5) is 4.39 Å². The van der Waals surface area contributed by atoms with Crippen LogP contribution in [0.2, 0.25) is 5.02 Å². The standard InChI is InChI=1S/C15H13BrClFO2/c1-20-15-8-11(17)3-4-12(15)14(19)7-9-6-10(16)2-5-13(9)18/h2-6,8,14,19H,7H2,1H3. The lowest BCUT2D eigenvalue weighted by Crippen LogP contribution is -2.05. The number of ether oxygens (including phenoxy) is 1. The molecule has 0 amide bonds. The molecule has 5 heteroatoms. The van der Waals surface area contributed by atoms with Crippen LogP contribution in [0, 0.1) is 5.82 Å². The van der Waals surface area contributed by atoms with Gasteiger partial charge in [0.2, 0.25) is 0 Å². The van der Waals surface area contributed by atoms with Crippen LogP contribution in [0.25, 0.3) is 0 Å². The van der Waals surface area contributed by atoms with Crippen LogP contribution in [0.5, 0.6) is 5.75 Å². The lowest BCUT2D eigenvalue weighted by atomic mass is 10.0. The van der Waals surface area contributed by atoms with E-state index in [0.717, 1.165) is 4.47 Å². The average Bonchev–Trinajstić information content (AvgIpc) is 2.42. The van der Waals surface area contributed by atoms with Gasteiger partial charge in [0.1, 0.15) is 11.6 Å². The first kappa shape index (κ1) is 15.3. The molecule has 0 heterocycles. The van der Waals surface area contributed by atoms with Crippen molar-refractivity contribution in [1.82, 2.24) is 0 Å². The first-order valence-electron chi connectivity index (χ1n) is 5.96. The van der Waals surface area contributed by atoms with Crippen LogP contribution >= 0.6 is 27.5 Å². The molecule has 0 saturated carbocycles. The second kappa shape index (κ2) is 6.57. The normalized spacial score (nSPS) is 12.2. The molecule has 1 unspecified atom stereocenters. The Hall–Kier alpha value is -1.10. The van der Waals surface area contributed by atoms with E-state index < -0.39 is 6.10 Å². The number of halogens is 3. The van der Waals surface area contributed by atoms with Gasteiger partial charge in [-0.25, -0.2) is 4.39 Å². The Bertz CT molecular complexity index is 619. The van der Waals surface area contributed by atoms with Gasteiger partial charge in [-0.1, -0.05) is 33.6 Å². The molecular formula is C15H13BrClFO2. The van der Waals surface area contributed by atoms with Gasteiger partial charge >= 0.3 is 0 Å². The number of aliphatic hydroxyl groups excluding tert-OH is 1. The molecule has 1 atom stereocenters. The number of rotatable bonds is 4. The van der Waals surface area contributed by atoms with E-state index in [1.54, 1.807) is 30.3 Å². The lowest BCUT2D eigenvalue weighted by molar-refractivity contribution is 0.172. The Morgan fingerprint density at radius 1 is 1.30 bits per heavy atom. The summed E-state index contributed by atoms with van der Waals surface area (Å²) in [5.41, 5.74) is 1.01. The number of hydrogen-bond donors (Lipinski definition) is 1. The van der Waals surface area contributed by atoms with Crippen LogP contribution in [0.15, 0.2) is 40.9 Å². The molecule has 0 aliphatic heterocycles. The Morgan fingerprint density at radius 2 is 2.05 bits per heavy atom. The summed E-state index contributed by atoms with van der Waals surface area (Å²) in [7, 11) is 1.50. The van der Waals surface area contributed by atoms with E-state index in [9.17, 15) is 9.50 Å². The van der Waals surface area contributed by atoms with E-state index in [1.165, 1.54) is 13.2 Å². The molecule has 106 valence electrons. The van der Waals surface area contributed by atoms with E-state index in [1.807, 2.05) is 0 Å². The molecule has 2 nitrogen and oxygen atoms in total. The molecule has 0 aliphatic rings. The summed E-state index contributed by atoms with van der Waals surface area (Å²) >= 11 is 9.17. The second-order valence-corrected chi connectivity index (χ2v) is 5.69. The first-order chi connectivity index (χ1) is 9.51. The van der Waals surface area contributed by atoms with E-state index in [2.05, 4.69) is 15.9 Å². The summed E-state index contributed by atoms with van der Waals surface area (Å²) < 4.78 is 19.7. The first-order valence-corrected chi connectivity index (χ1v) is 7.14. The van der Waals surface area contributed by atoms with Crippen LogP contribution in [0.1, 0.15) is 17.2 Å². The molecule has 0 spiro atoms. The molecule has 2 rings (SSSR count). The summed E-state index contributed by atoms with van der Waals surface area (Å²) in [5, 5.41) is 10.8. The van der Waals surface area contributed by atoms with Crippen LogP contribution in [0.3, 0.4) is 0 Å². The Balaban J connectivity index is 2.28. The topological polar surface area (TPSA) is 29.5 Å². The SMILES string of the molecule is COc1cc(Cl)ccc1C(O)Cc1cc(Br)ccc1F. The van der Waals surface area contributed by atoms with Crippen molar-refractivity contribution in [2.45, 2.75) is 12.5 Å². The quantitative estimate of drug-likeness (QED) is 0.869. The molecule has 0 saturated heterocycles. The maximum Gasteiger partial charge on any atom is 0.126 e. The number of hydrogen-bond acceptors (Lipinski definition) is 2. The van der Waals surface area contributed by atoms with Gasteiger partial charge in [0, 0.05) is 21.5 Å². The molecular weight excluding hydrogens is 347 g/mol. The molecule has 2 aromatic rings. The highest BCUT2D eigenvalue weighted by atomic mass is 79.9. The molecule has 0 bridgehead atoms. The number of benzene rings is 2. The molecule has 0 aromatic heterocycles. The summed E-state index contributed by atoms with van der Waals surface area (Å²) in [4.78, 5) is 0. The number of methoxy groups -OCH3 is 1.